The Balaban J connectivity index is 1.09. The third-order valence-electron chi connectivity index (χ3n) is 11.2. The highest BCUT2D eigenvalue weighted by Gasteiger charge is 2.74. The van der Waals surface area contributed by atoms with E-state index < -0.39 is 29.1 Å². The summed E-state index contributed by atoms with van der Waals surface area (Å²) >= 11 is 0. The first-order chi connectivity index (χ1) is 19.7. The summed E-state index contributed by atoms with van der Waals surface area (Å²) in [5.41, 5.74) is 0.830. The summed E-state index contributed by atoms with van der Waals surface area (Å²) in [6, 6.07) is 6.01. The van der Waals surface area contributed by atoms with Crippen molar-refractivity contribution in [3.05, 3.63) is 35.5 Å². The maximum atomic E-state index is 14.3. The lowest BCUT2D eigenvalue weighted by Crippen LogP contribution is -2.77. The van der Waals surface area contributed by atoms with E-state index in [0.717, 1.165) is 37.6 Å². The number of carbonyl (C=O) groups excluding carboxylic acids is 3. The maximum absolute atomic E-state index is 14.3. The molecule has 2 aromatic rings. The monoisotopic (exact) mass is 561 g/mol. The average molecular weight is 562 g/mol. The molecule has 3 N–H and O–H groups in total. The van der Waals surface area contributed by atoms with Gasteiger partial charge in [0.25, 0.3) is 11.8 Å². The predicted octanol–water partition coefficient (Wildman–Crippen LogP) is 2.17. The van der Waals surface area contributed by atoms with E-state index in [0.29, 0.717) is 44.8 Å². The number of H-pyrrole nitrogens is 1. The summed E-state index contributed by atoms with van der Waals surface area (Å²) in [5, 5.41) is 16.3. The van der Waals surface area contributed by atoms with Gasteiger partial charge in [0.1, 0.15) is 11.6 Å². The molecule has 2 aliphatic carbocycles. The van der Waals surface area contributed by atoms with Crippen molar-refractivity contribution in [2.45, 2.75) is 99.9 Å². The van der Waals surface area contributed by atoms with Gasteiger partial charge in [-0.25, -0.2) is 0 Å². The van der Waals surface area contributed by atoms with E-state index in [1.54, 1.807) is 11.8 Å². The summed E-state index contributed by atoms with van der Waals surface area (Å²) < 4.78 is 6.31. The molecule has 3 amide bonds. The second kappa shape index (κ2) is 8.55. The average Bonchev–Trinajstić information content (AvgIpc) is 3.66. The van der Waals surface area contributed by atoms with E-state index in [9.17, 15) is 19.5 Å². The Labute approximate surface area is 239 Å². The third-order valence-corrected chi connectivity index (χ3v) is 11.2. The number of amides is 3. The molecule has 5 heterocycles. The molecule has 1 spiro atoms. The Morgan fingerprint density at radius 1 is 1.15 bits per heavy atom. The maximum Gasteiger partial charge on any atom is 0.280 e. The number of hydrogen-bond acceptors (Lipinski definition) is 6. The zero-order valence-electron chi connectivity index (χ0n) is 23.8. The van der Waals surface area contributed by atoms with E-state index in [2.05, 4.69) is 46.6 Å². The zero-order chi connectivity index (χ0) is 28.3. The highest BCUT2D eigenvalue weighted by Crippen LogP contribution is 2.53. The first-order valence-corrected chi connectivity index (χ1v) is 15.4. The van der Waals surface area contributed by atoms with E-state index in [-0.39, 0.29) is 23.7 Å². The van der Waals surface area contributed by atoms with Gasteiger partial charge >= 0.3 is 0 Å². The number of nitrogens with one attached hydrogen (secondary N) is 2. The van der Waals surface area contributed by atoms with Crippen LogP contribution in [-0.4, -0.2) is 91.9 Å². The number of fused-ring (bicyclic) bond motifs is 6. The number of likely N-dealkylation sites (tertiary alicyclic amines) is 1. The number of aromatic amines is 1. The van der Waals surface area contributed by atoms with Crippen LogP contribution in [-0.2, 0) is 25.5 Å². The van der Waals surface area contributed by atoms with Gasteiger partial charge in [-0.15, -0.1) is 0 Å². The summed E-state index contributed by atoms with van der Waals surface area (Å²) in [6.07, 6.45) is 8.60. The molecule has 6 aliphatic rings. The Kier molecular flexibility index (Phi) is 5.37. The SMILES string of the molecule is CN1CC(C(=O)NC2(C)OC3(O)C4CCCN4C(=O)C4(CCCCC4)N3C2=O)CC2c3cccc4[nH]cc(c34)CC21. The van der Waals surface area contributed by atoms with Crippen molar-refractivity contribution in [1.29, 1.82) is 0 Å². The lowest BCUT2D eigenvalue weighted by molar-refractivity contribution is -0.327. The van der Waals surface area contributed by atoms with Gasteiger partial charge < -0.3 is 25.2 Å². The third kappa shape index (κ3) is 3.32. The van der Waals surface area contributed by atoms with Crippen LogP contribution in [0.4, 0.5) is 0 Å². The number of rotatable bonds is 2. The molecule has 10 heteroatoms. The van der Waals surface area contributed by atoms with Gasteiger partial charge in [-0.1, -0.05) is 31.4 Å². The highest BCUT2D eigenvalue weighted by atomic mass is 16.7. The van der Waals surface area contributed by atoms with Crippen molar-refractivity contribution >= 4 is 28.6 Å². The van der Waals surface area contributed by atoms with Crippen LogP contribution in [0.15, 0.2) is 24.4 Å². The number of aromatic nitrogens is 1. The molecular formula is C31H39N5O5. The van der Waals surface area contributed by atoms with Gasteiger partial charge in [0.15, 0.2) is 0 Å². The molecule has 10 nitrogen and oxygen atoms in total. The number of carbonyl (C=O) groups is 3. The number of hydrogen-bond donors (Lipinski definition) is 3. The van der Waals surface area contributed by atoms with Crippen LogP contribution in [0.5, 0.6) is 0 Å². The zero-order valence-corrected chi connectivity index (χ0v) is 23.8. The number of piperazine rings is 1. The first kappa shape index (κ1) is 25.7. The minimum atomic E-state index is -1.96. The number of benzene rings is 1. The van der Waals surface area contributed by atoms with Gasteiger partial charge in [0, 0.05) is 42.1 Å². The summed E-state index contributed by atoms with van der Waals surface area (Å²) in [6.45, 7) is 2.67. The fourth-order valence-electron chi connectivity index (χ4n) is 9.35. The standard InChI is InChI=1S/C31H39N5O5/c1-29(27(38)36-30(11-4-3-5-12-30)28(39)35-13-7-10-24(35)31(36,40)41-29)33-26(37)19-14-21-20-8-6-9-22-25(20)18(16-32-22)15-23(21)34(2)17-19/h6,8-9,16,19,21,23-24,32,40H,3-5,7,10-15,17H2,1-2H3,(H,33,37). The van der Waals surface area contributed by atoms with Crippen LogP contribution in [0, 0.1) is 5.92 Å². The number of likely N-dealkylation sites (N-methyl/N-ethyl adjacent to an activating group) is 1. The lowest BCUT2D eigenvalue weighted by atomic mass is 9.72. The Bertz CT molecular complexity index is 1470. The number of aliphatic hydroxyl groups is 1. The van der Waals surface area contributed by atoms with Crippen molar-refractivity contribution < 1.29 is 24.2 Å². The molecule has 4 saturated heterocycles. The van der Waals surface area contributed by atoms with E-state index in [4.69, 9.17) is 4.74 Å². The molecule has 1 aromatic heterocycles. The van der Waals surface area contributed by atoms with Crippen LogP contribution in [0.25, 0.3) is 10.9 Å². The van der Waals surface area contributed by atoms with Crippen molar-refractivity contribution in [1.82, 2.24) is 25.0 Å². The molecule has 0 bridgehead atoms. The topological polar surface area (TPSA) is 118 Å². The predicted molar refractivity (Wildman–Crippen MR) is 149 cm³/mol. The summed E-state index contributed by atoms with van der Waals surface area (Å²) in [5.74, 6) is -2.97. The second-order valence-corrected chi connectivity index (χ2v) is 13.5. The van der Waals surface area contributed by atoms with Gasteiger partial charge in [-0.05, 0) is 69.7 Å². The van der Waals surface area contributed by atoms with Crippen molar-refractivity contribution in [2.24, 2.45) is 5.92 Å². The number of ether oxygens (including phenoxy) is 1. The van der Waals surface area contributed by atoms with E-state index in [1.807, 2.05) is 0 Å². The Hall–Kier alpha value is -2.95. The Morgan fingerprint density at radius 2 is 1.95 bits per heavy atom. The second-order valence-electron chi connectivity index (χ2n) is 13.5. The lowest BCUT2D eigenvalue weighted by Gasteiger charge is -2.56. The van der Waals surface area contributed by atoms with Crippen molar-refractivity contribution in [2.75, 3.05) is 20.1 Å². The van der Waals surface area contributed by atoms with E-state index in [1.165, 1.54) is 21.4 Å². The number of piperidine rings is 1. The molecule has 6 unspecified atom stereocenters. The van der Waals surface area contributed by atoms with Crippen LogP contribution in [0.1, 0.15) is 75.3 Å². The molecular weight excluding hydrogens is 522 g/mol. The summed E-state index contributed by atoms with van der Waals surface area (Å²) in [7, 11) is 2.07. The fourth-order valence-corrected chi connectivity index (χ4v) is 9.35. The van der Waals surface area contributed by atoms with Gasteiger partial charge in [0.05, 0.1) is 5.92 Å². The minimum Gasteiger partial charge on any atom is -0.361 e. The molecule has 4 aliphatic heterocycles. The molecule has 41 heavy (non-hydrogen) atoms. The van der Waals surface area contributed by atoms with Crippen molar-refractivity contribution in [3.63, 3.8) is 0 Å². The van der Waals surface area contributed by atoms with Crippen LogP contribution < -0.4 is 5.32 Å². The van der Waals surface area contributed by atoms with Crippen molar-refractivity contribution in [3.8, 4) is 0 Å². The molecule has 1 aromatic carbocycles. The molecule has 218 valence electrons. The number of nitrogens with zero attached hydrogens (tertiary/aromatic N) is 3. The smallest absolute Gasteiger partial charge is 0.280 e. The van der Waals surface area contributed by atoms with Crippen LogP contribution in [0.3, 0.4) is 0 Å². The molecule has 0 radical (unpaired) electrons. The van der Waals surface area contributed by atoms with Gasteiger partial charge in [0.2, 0.25) is 17.5 Å². The van der Waals surface area contributed by atoms with Crippen LogP contribution >= 0.6 is 0 Å². The highest BCUT2D eigenvalue weighted by molar-refractivity contribution is 5.99. The van der Waals surface area contributed by atoms with Crippen LogP contribution in [0.2, 0.25) is 0 Å². The quantitative estimate of drug-likeness (QED) is 0.518. The molecule has 1 saturated carbocycles. The largest absolute Gasteiger partial charge is 0.361 e. The van der Waals surface area contributed by atoms with Gasteiger partial charge in [-0.3, -0.25) is 24.0 Å². The molecule has 5 fully saturated rings. The normalized spacial score (nSPS) is 37.8. The molecule has 6 atom stereocenters. The van der Waals surface area contributed by atoms with E-state index >= 15 is 0 Å². The fraction of sp³-hybridized carbons (Fsp3) is 0.645. The first-order valence-electron chi connectivity index (χ1n) is 15.4. The van der Waals surface area contributed by atoms with Gasteiger partial charge in [-0.2, -0.15) is 0 Å². The minimum absolute atomic E-state index is 0.0764. The Morgan fingerprint density at radius 3 is 2.76 bits per heavy atom. The summed E-state index contributed by atoms with van der Waals surface area (Å²) in [4.78, 5) is 50.9. The molecule has 8 rings (SSSR count).